The van der Waals surface area contributed by atoms with Crippen LogP contribution in [0.2, 0.25) is 0 Å². The van der Waals surface area contributed by atoms with E-state index >= 15 is 0 Å². The second-order valence-corrected chi connectivity index (χ2v) is 7.58. The number of hydrogen-bond donors (Lipinski definition) is 1. The van der Waals surface area contributed by atoms with Crippen molar-refractivity contribution in [3.05, 3.63) is 28.2 Å². The Morgan fingerprint density at radius 1 is 0.944 bits per heavy atom. The number of aromatic hydroxyl groups is 1. The van der Waals surface area contributed by atoms with E-state index in [0.717, 1.165) is 28.1 Å². The quantitative estimate of drug-likeness (QED) is 0.797. The molecule has 0 radical (unpaired) electrons. The van der Waals surface area contributed by atoms with Crippen molar-refractivity contribution in [2.75, 3.05) is 0 Å². The average molecular weight is 307 g/mol. The smallest absolute Gasteiger partial charge is 0.119 e. The van der Waals surface area contributed by atoms with Crippen molar-refractivity contribution in [2.45, 2.75) is 38.0 Å². The number of halogens is 1. The maximum absolute atomic E-state index is 10.2. The second-order valence-electron chi connectivity index (χ2n) is 6.66. The number of phenolic OH excluding ortho intramolecular Hbond substituents is 1. The molecule has 2 heteroatoms. The third-order valence-corrected chi connectivity index (χ3v) is 6.07. The highest BCUT2D eigenvalue weighted by molar-refractivity contribution is 9.10. The predicted molar refractivity (Wildman–Crippen MR) is 75.6 cm³/mol. The van der Waals surface area contributed by atoms with E-state index in [0.29, 0.717) is 11.7 Å². The predicted octanol–water partition coefficient (Wildman–Crippen LogP) is 4.69. The molecule has 18 heavy (non-hydrogen) atoms. The number of benzene rings is 1. The van der Waals surface area contributed by atoms with Crippen molar-refractivity contribution < 1.29 is 5.11 Å². The van der Waals surface area contributed by atoms with Gasteiger partial charge in [0.15, 0.2) is 0 Å². The third-order valence-electron chi connectivity index (χ3n) is 5.58. The van der Waals surface area contributed by atoms with E-state index in [2.05, 4.69) is 22.0 Å². The SMILES string of the molecule is Oc1ccc(Br)cc1C1C2CC3CC(C2)CC1C3. The van der Waals surface area contributed by atoms with E-state index in [1.807, 2.05) is 12.1 Å². The lowest BCUT2D eigenvalue weighted by molar-refractivity contribution is -0.00348. The van der Waals surface area contributed by atoms with Crippen LogP contribution in [-0.4, -0.2) is 5.11 Å². The van der Waals surface area contributed by atoms with Crippen LogP contribution in [0.25, 0.3) is 0 Å². The Kier molecular flexibility index (Phi) is 2.52. The topological polar surface area (TPSA) is 20.2 Å². The van der Waals surface area contributed by atoms with Crippen LogP contribution in [0.3, 0.4) is 0 Å². The molecule has 5 rings (SSSR count). The summed E-state index contributed by atoms with van der Waals surface area (Å²) in [6.07, 6.45) is 7.12. The van der Waals surface area contributed by atoms with Crippen LogP contribution in [0.1, 0.15) is 43.6 Å². The highest BCUT2D eigenvalue weighted by Crippen LogP contribution is 2.60. The molecule has 0 atom stereocenters. The zero-order valence-corrected chi connectivity index (χ0v) is 12.1. The van der Waals surface area contributed by atoms with Crippen molar-refractivity contribution >= 4 is 15.9 Å². The molecule has 0 amide bonds. The first-order valence-electron chi connectivity index (χ1n) is 7.19. The Morgan fingerprint density at radius 3 is 2.17 bits per heavy atom. The summed E-state index contributed by atoms with van der Waals surface area (Å²) in [5, 5.41) is 10.2. The maximum atomic E-state index is 10.2. The molecule has 0 saturated heterocycles. The summed E-state index contributed by atoms with van der Waals surface area (Å²) in [5.74, 6) is 4.80. The van der Waals surface area contributed by atoms with Crippen molar-refractivity contribution in [3.8, 4) is 5.75 Å². The Morgan fingerprint density at radius 2 is 1.56 bits per heavy atom. The lowest BCUT2D eigenvalue weighted by Gasteiger charge is -2.54. The minimum absolute atomic E-state index is 0.510. The summed E-state index contributed by atoms with van der Waals surface area (Å²) in [6, 6.07) is 5.95. The van der Waals surface area contributed by atoms with Crippen LogP contribution < -0.4 is 0 Å². The number of hydrogen-bond acceptors (Lipinski definition) is 1. The van der Waals surface area contributed by atoms with Crippen LogP contribution >= 0.6 is 15.9 Å². The van der Waals surface area contributed by atoms with Crippen LogP contribution in [0.15, 0.2) is 22.7 Å². The standard InChI is InChI=1S/C16H19BrO/c17-13-1-2-15(18)14(8-13)16-11-4-9-3-10(6-11)7-12(16)5-9/h1-2,8-12,16,18H,3-7H2. The second kappa shape index (κ2) is 4.00. The van der Waals surface area contributed by atoms with Gasteiger partial charge in [0.1, 0.15) is 5.75 Å². The largest absolute Gasteiger partial charge is 0.508 e. The van der Waals surface area contributed by atoms with E-state index in [1.165, 1.54) is 37.7 Å². The molecule has 0 spiro atoms. The lowest BCUT2D eigenvalue weighted by atomic mass is 9.50. The van der Waals surface area contributed by atoms with Gasteiger partial charge in [-0.05, 0) is 85.5 Å². The van der Waals surface area contributed by atoms with E-state index in [1.54, 1.807) is 0 Å². The van der Waals surface area contributed by atoms with Gasteiger partial charge < -0.3 is 5.11 Å². The fourth-order valence-electron chi connectivity index (χ4n) is 5.23. The molecule has 4 fully saturated rings. The minimum atomic E-state index is 0.510. The monoisotopic (exact) mass is 306 g/mol. The summed E-state index contributed by atoms with van der Waals surface area (Å²) >= 11 is 3.55. The number of rotatable bonds is 1. The molecule has 4 saturated carbocycles. The Labute approximate surface area is 117 Å². The van der Waals surface area contributed by atoms with Gasteiger partial charge in [0.05, 0.1) is 0 Å². The van der Waals surface area contributed by atoms with Crippen LogP contribution in [0, 0.1) is 23.7 Å². The molecule has 4 aliphatic rings. The molecule has 1 N–H and O–H groups in total. The Bertz CT molecular complexity index is 454. The molecule has 0 unspecified atom stereocenters. The Balaban J connectivity index is 1.74. The van der Waals surface area contributed by atoms with Gasteiger partial charge in [-0.25, -0.2) is 0 Å². The van der Waals surface area contributed by atoms with Gasteiger partial charge in [0.25, 0.3) is 0 Å². The fraction of sp³-hybridized carbons (Fsp3) is 0.625. The molecule has 4 aliphatic carbocycles. The molecular weight excluding hydrogens is 288 g/mol. The van der Waals surface area contributed by atoms with Gasteiger partial charge in [-0.3, -0.25) is 0 Å². The molecule has 0 heterocycles. The highest BCUT2D eigenvalue weighted by Gasteiger charge is 2.49. The van der Waals surface area contributed by atoms with Crippen molar-refractivity contribution in [1.82, 2.24) is 0 Å². The normalized spacial score (nSPS) is 41.3. The summed E-state index contributed by atoms with van der Waals surface area (Å²) in [6.45, 7) is 0. The molecule has 0 aliphatic heterocycles. The van der Waals surface area contributed by atoms with Gasteiger partial charge in [-0.15, -0.1) is 0 Å². The molecule has 1 nitrogen and oxygen atoms in total. The van der Waals surface area contributed by atoms with Gasteiger partial charge in [-0.1, -0.05) is 15.9 Å². The van der Waals surface area contributed by atoms with Crippen LogP contribution in [-0.2, 0) is 0 Å². The third kappa shape index (κ3) is 1.65. The summed E-state index contributed by atoms with van der Waals surface area (Å²) in [5.41, 5.74) is 1.21. The van der Waals surface area contributed by atoms with Gasteiger partial charge in [0.2, 0.25) is 0 Å². The number of phenols is 1. The van der Waals surface area contributed by atoms with E-state index < -0.39 is 0 Å². The first-order chi connectivity index (χ1) is 8.70. The highest BCUT2D eigenvalue weighted by atomic mass is 79.9. The molecule has 1 aromatic rings. The zero-order chi connectivity index (χ0) is 12.3. The molecule has 96 valence electrons. The molecular formula is C16H19BrO. The summed E-state index contributed by atoms with van der Waals surface area (Å²) < 4.78 is 1.10. The average Bonchev–Trinajstić information content (AvgIpc) is 2.32. The van der Waals surface area contributed by atoms with Gasteiger partial charge in [-0.2, -0.15) is 0 Å². The molecule has 4 bridgehead atoms. The van der Waals surface area contributed by atoms with Crippen molar-refractivity contribution in [1.29, 1.82) is 0 Å². The Hall–Kier alpha value is -0.500. The summed E-state index contributed by atoms with van der Waals surface area (Å²) in [4.78, 5) is 0. The van der Waals surface area contributed by atoms with Gasteiger partial charge in [0, 0.05) is 4.47 Å². The minimum Gasteiger partial charge on any atom is -0.508 e. The first-order valence-corrected chi connectivity index (χ1v) is 7.98. The van der Waals surface area contributed by atoms with E-state index in [9.17, 15) is 5.11 Å². The lowest BCUT2D eigenvalue weighted by Crippen LogP contribution is -2.43. The van der Waals surface area contributed by atoms with Crippen molar-refractivity contribution in [3.63, 3.8) is 0 Å². The maximum Gasteiger partial charge on any atom is 0.119 e. The van der Waals surface area contributed by atoms with E-state index in [4.69, 9.17) is 0 Å². The van der Waals surface area contributed by atoms with Crippen LogP contribution in [0.4, 0.5) is 0 Å². The fourth-order valence-corrected chi connectivity index (χ4v) is 5.60. The molecule has 1 aromatic carbocycles. The van der Waals surface area contributed by atoms with Gasteiger partial charge >= 0.3 is 0 Å². The van der Waals surface area contributed by atoms with Crippen molar-refractivity contribution in [2.24, 2.45) is 23.7 Å². The zero-order valence-electron chi connectivity index (χ0n) is 10.5. The molecule has 0 aromatic heterocycles. The van der Waals surface area contributed by atoms with Crippen LogP contribution in [0.5, 0.6) is 5.75 Å². The van der Waals surface area contributed by atoms with E-state index in [-0.39, 0.29) is 0 Å². The summed E-state index contributed by atoms with van der Waals surface area (Å²) in [7, 11) is 0. The first kappa shape index (κ1) is 11.3.